The molecule has 0 amide bonds. The van der Waals surface area contributed by atoms with E-state index in [9.17, 15) is 12.8 Å². The van der Waals surface area contributed by atoms with E-state index in [1.54, 1.807) is 42.3 Å². The molecule has 30 heavy (non-hydrogen) atoms. The highest BCUT2D eigenvalue weighted by molar-refractivity contribution is 7.92. The normalized spacial score (nSPS) is 16.0. The number of sulfonamides is 1. The van der Waals surface area contributed by atoms with Crippen molar-refractivity contribution in [1.82, 2.24) is 0 Å². The van der Waals surface area contributed by atoms with Gasteiger partial charge in [0.2, 0.25) is 15.9 Å². The van der Waals surface area contributed by atoms with Gasteiger partial charge in [0, 0.05) is 5.69 Å². The summed E-state index contributed by atoms with van der Waals surface area (Å²) < 4.78 is 50.2. The highest BCUT2D eigenvalue weighted by atomic mass is 32.2. The average Bonchev–Trinajstić information content (AvgIpc) is 3.18. The van der Waals surface area contributed by atoms with E-state index in [2.05, 4.69) is 10.0 Å². The van der Waals surface area contributed by atoms with E-state index in [0.29, 0.717) is 28.4 Å². The summed E-state index contributed by atoms with van der Waals surface area (Å²) in [6, 6.07) is 12.9. The minimum Gasteiger partial charge on any atom is -0.497 e. The molecule has 10 heteroatoms. The summed E-state index contributed by atoms with van der Waals surface area (Å²) in [4.78, 5) is 1.70. The van der Waals surface area contributed by atoms with Crippen LogP contribution in [0.2, 0.25) is 0 Å². The van der Waals surface area contributed by atoms with E-state index < -0.39 is 22.0 Å². The van der Waals surface area contributed by atoms with Crippen molar-refractivity contribution < 1.29 is 22.0 Å². The second-order valence-corrected chi connectivity index (χ2v) is 8.49. The fourth-order valence-electron chi connectivity index (χ4n) is 3.30. The zero-order valence-electron chi connectivity index (χ0n) is 16.1. The number of benzene rings is 2. The average molecular weight is 430 g/mol. The number of fused-ring (bicyclic) bond motifs is 1. The Kier molecular flexibility index (Phi) is 4.86. The second kappa shape index (κ2) is 7.38. The number of rotatable bonds is 5. The van der Waals surface area contributed by atoms with Gasteiger partial charge in [-0.2, -0.15) is 0 Å². The lowest BCUT2D eigenvalue weighted by Gasteiger charge is -2.38. The minimum atomic E-state index is -3.67. The molecule has 0 fully saturated rings. The zero-order chi connectivity index (χ0) is 21.5. The largest absolute Gasteiger partial charge is 0.497 e. The summed E-state index contributed by atoms with van der Waals surface area (Å²) in [5, 5.41) is 11.9. The molecule has 2 heterocycles. The second-order valence-electron chi connectivity index (χ2n) is 6.74. The first kappa shape index (κ1) is 19.8. The summed E-state index contributed by atoms with van der Waals surface area (Å²) in [7, 11) is -2.11. The number of anilines is 3. The van der Waals surface area contributed by atoms with Crippen molar-refractivity contribution in [1.29, 1.82) is 5.41 Å². The maximum atomic E-state index is 14.2. The molecule has 0 spiro atoms. The number of nitrogens with one attached hydrogen (secondary N) is 3. The van der Waals surface area contributed by atoms with E-state index in [1.165, 1.54) is 24.5 Å². The standard InChI is InChI=1S/C20H19FN4O4S/c1-28-14-6-4-13(5-7-14)25-18(22)15-9-10-29-20(15)23-19(25)12-3-8-16(21)17(11-12)24-30(2,26)27/h3-11,19,22-24H,1-2H3. The lowest BCUT2D eigenvalue weighted by atomic mass is 10.0. The van der Waals surface area contributed by atoms with Gasteiger partial charge in [0.05, 0.1) is 30.9 Å². The fourth-order valence-corrected chi connectivity index (χ4v) is 3.86. The smallest absolute Gasteiger partial charge is 0.229 e. The Morgan fingerprint density at radius 3 is 2.60 bits per heavy atom. The van der Waals surface area contributed by atoms with Crippen LogP contribution in [0.4, 0.5) is 21.6 Å². The number of halogens is 1. The van der Waals surface area contributed by atoms with Crippen LogP contribution < -0.4 is 19.7 Å². The lowest BCUT2D eigenvalue weighted by Crippen LogP contribution is -2.42. The number of amidine groups is 1. The molecular formula is C20H19FN4O4S. The number of hydrogen-bond acceptors (Lipinski definition) is 6. The molecule has 3 N–H and O–H groups in total. The Morgan fingerprint density at radius 2 is 1.93 bits per heavy atom. The van der Waals surface area contributed by atoms with E-state index in [0.717, 1.165) is 6.26 Å². The van der Waals surface area contributed by atoms with Gasteiger partial charge >= 0.3 is 0 Å². The predicted octanol–water partition coefficient (Wildman–Crippen LogP) is 3.76. The fraction of sp³-hybridized carbons (Fsp3) is 0.150. The number of ether oxygens (including phenoxy) is 1. The molecule has 1 aliphatic heterocycles. The molecule has 0 aliphatic carbocycles. The topological polar surface area (TPSA) is 108 Å². The van der Waals surface area contributed by atoms with E-state index in [1.807, 2.05) is 0 Å². The maximum absolute atomic E-state index is 14.2. The predicted molar refractivity (Wildman–Crippen MR) is 112 cm³/mol. The van der Waals surface area contributed by atoms with Crippen molar-refractivity contribution in [2.75, 3.05) is 28.3 Å². The third-order valence-electron chi connectivity index (χ3n) is 4.64. The number of hydrogen-bond donors (Lipinski definition) is 3. The van der Waals surface area contributed by atoms with Gasteiger partial charge in [-0.15, -0.1) is 0 Å². The van der Waals surface area contributed by atoms with Gasteiger partial charge in [-0.3, -0.25) is 10.1 Å². The van der Waals surface area contributed by atoms with Gasteiger partial charge in [-0.1, -0.05) is 6.07 Å². The van der Waals surface area contributed by atoms with Crippen molar-refractivity contribution in [2.45, 2.75) is 6.17 Å². The first-order valence-corrected chi connectivity index (χ1v) is 10.8. The monoisotopic (exact) mass is 430 g/mol. The summed E-state index contributed by atoms with van der Waals surface area (Å²) in [6.45, 7) is 0. The molecule has 8 nitrogen and oxygen atoms in total. The maximum Gasteiger partial charge on any atom is 0.229 e. The molecular weight excluding hydrogens is 411 g/mol. The van der Waals surface area contributed by atoms with Gasteiger partial charge in [0.1, 0.15) is 23.6 Å². The third-order valence-corrected chi connectivity index (χ3v) is 5.23. The number of nitrogens with zero attached hydrogens (tertiary/aromatic N) is 1. The SMILES string of the molecule is COc1ccc(N2C(=N)c3ccoc3NC2c2ccc(F)c(NS(C)(=O)=O)c2)cc1. The molecule has 1 atom stereocenters. The van der Waals surface area contributed by atoms with Crippen LogP contribution >= 0.6 is 0 Å². The van der Waals surface area contributed by atoms with E-state index in [4.69, 9.17) is 14.6 Å². The quantitative estimate of drug-likeness (QED) is 0.569. The summed E-state index contributed by atoms with van der Waals surface area (Å²) in [6.07, 6.45) is 1.78. The Labute approximate surface area is 172 Å². The van der Waals surface area contributed by atoms with E-state index in [-0.39, 0.29) is 11.5 Å². The van der Waals surface area contributed by atoms with Crippen LogP contribution in [0, 0.1) is 11.2 Å². The Bertz CT molecular complexity index is 1210. The number of furan rings is 1. The van der Waals surface area contributed by atoms with Crippen LogP contribution in [-0.4, -0.2) is 27.6 Å². The van der Waals surface area contributed by atoms with Crippen LogP contribution in [-0.2, 0) is 10.0 Å². The summed E-state index contributed by atoms with van der Waals surface area (Å²) >= 11 is 0. The van der Waals surface area contributed by atoms with Gasteiger partial charge in [-0.05, 0) is 48.0 Å². The molecule has 0 saturated heterocycles. The number of methoxy groups -OCH3 is 1. The first-order valence-electron chi connectivity index (χ1n) is 8.90. The molecule has 0 saturated carbocycles. The zero-order valence-corrected chi connectivity index (χ0v) is 17.0. The van der Waals surface area contributed by atoms with Crippen molar-refractivity contribution in [3.63, 3.8) is 0 Å². The molecule has 0 bridgehead atoms. The Morgan fingerprint density at radius 1 is 1.20 bits per heavy atom. The molecule has 156 valence electrons. The molecule has 0 radical (unpaired) electrons. The minimum absolute atomic E-state index is 0.176. The van der Waals surface area contributed by atoms with Crippen molar-refractivity contribution >= 4 is 33.1 Å². The third kappa shape index (κ3) is 3.69. The Balaban J connectivity index is 1.81. The van der Waals surface area contributed by atoms with Crippen LogP contribution in [0.3, 0.4) is 0 Å². The summed E-state index contributed by atoms with van der Waals surface area (Å²) in [5.74, 6) is 0.535. The van der Waals surface area contributed by atoms with Crippen LogP contribution in [0.1, 0.15) is 17.3 Å². The van der Waals surface area contributed by atoms with Crippen LogP contribution in [0.5, 0.6) is 5.75 Å². The van der Waals surface area contributed by atoms with Crippen molar-refractivity contribution in [3.05, 3.63) is 71.7 Å². The molecule has 2 aromatic carbocycles. The molecule has 1 aromatic heterocycles. The first-order chi connectivity index (χ1) is 14.3. The molecule has 1 aliphatic rings. The lowest BCUT2D eigenvalue weighted by molar-refractivity contribution is 0.415. The van der Waals surface area contributed by atoms with Gasteiger partial charge < -0.3 is 19.4 Å². The van der Waals surface area contributed by atoms with Gasteiger partial charge in [0.15, 0.2) is 0 Å². The van der Waals surface area contributed by atoms with Gasteiger partial charge in [-0.25, -0.2) is 12.8 Å². The Hall–Kier alpha value is -3.53. The highest BCUT2D eigenvalue weighted by Gasteiger charge is 2.34. The molecule has 1 unspecified atom stereocenters. The highest BCUT2D eigenvalue weighted by Crippen LogP contribution is 2.38. The van der Waals surface area contributed by atoms with Crippen molar-refractivity contribution in [2.24, 2.45) is 0 Å². The van der Waals surface area contributed by atoms with Crippen LogP contribution in [0.15, 0.2) is 59.2 Å². The van der Waals surface area contributed by atoms with Gasteiger partial charge in [0.25, 0.3) is 0 Å². The molecule has 3 aromatic rings. The van der Waals surface area contributed by atoms with Crippen molar-refractivity contribution in [3.8, 4) is 5.75 Å². The summed E-state index contributed by atoms with van der Waals surface area (Å²) in [5.41, 5.74) is 1.61. The van der Waals surface area contributed by atoms with Crippen LogP contribution in [0.25, 0.3) is 0 Å². The molecule has 4 rings (SSSR count). The van der Waals surface area contributed by atoms with E-state index >= 15 is 0 Å².